The van der Waals surface area contributed by atoms with E-state index in [0.717, 1.165) is 15.6 Å². The molecule has 0 fully saturated rings. The van der Waals surface area contributed by atoms with Crippen LogP contribution in [0.15, 0.2) is 42.0 Å². The standard InChI is InChI=1S/C20H20N4O3S/c1-3-12(2)16(24-18(26)14-6-4-5-7-15(14)19(24)27)17(25)21-10-13-11-23-8-9-28-20(23)22-13/h4-9,11-12,16H,3,10H2,1-2H3,(H,21,25). The van der Waals surface area contributed by atoms with Crippen LogP contribution in [-0.4, -0.2) is 38.0 Å². The van der Waals surface area contributed by atoms with E-state index >= 15 is 0 Å². The number of fused-ring (bicyclic) bond motifs is 2. The van der Waals surface area contributed by atoms with Crippen LogP contribution in [0.5, 0.6) is 0 Å². The summed E-state index contributed by atoms with van der Waals surface area (Å²) in [5, 5.41) is 4.79. The molecule has 0 saturated heterocycles. The zero-order valence-electron chi connectivity index (χ0n) is 15.6. The van der Waals surface area contributed by atoms with Gasteiger partial charge in [0.1, 0.15) is 6.04 Å². The van der Waals surface area contributed by atoms with Gasteiger partial charge in [0.15, 0.2) is 4.96 Å². The number of carbonyl (C=O) groups excluding carboxylic acids is 3. The Morgan fingerprint density at radius 1 is 1.21 bits per heavy atom. The fourth-order valence-electron chi connectivity index (χ4n) is 3.46. The molecule has 1 N–H and O–H groups in total. The summed E-state index contributed by atoms with van der Waals surface area (Å²) < 4.78 is 1.89. The Morgan fingerprint density at radius 2 is 1.89 bits per heavy atom. The van der Waals surface area contributed by atoms with Gasteiger partial charge in [0.05, 0.1) is 23.4 Å². The van der Waals surface area contributed by atoms with Crippen LogP contribution in [0.2, 0.25) is 0 Å². The third-order valence-corrected chi connectivity index (χ3v) is 5.91. The third kappa shape index (κ3) is 2.99. The number of nitrogens with one attached hydrogen (secondary N) is 1. The molecule has 7 nitrogen and oxygen atoms in total. The smallest absolute Gasteiger partial charge is 0.262 e. The maximum atomic E-state index is 13.0. The molecule has 1 aromatic carbocycles. The molecule has 1 aliphatic rings. The second-order valence-electron chi connectivity index (χ2n) is 6.90. The minimum atomic E-state index is -0.860. The average molecular weight is 396 g/mol. The lowest BCUT2D eigenvalue weighted by Crippen LogP contribution is -2.52. The van der Waals surface area contributed by atoms with Crippen LogP contribution in [-0.2, 0) is 11.3 Å². The van der Waals surface area contributed by atoms with Crippen LogP contribution in [0.4, 0.5) is 0 Å². The van der Waals surface area contributed by atoms with Crippen molar-refractivity contribution in [1.29, 1.82) is 0 Å². The van der Waals surface area contributed by atoms with Crippen molar-refractivity contribution < 1.29 is 14.4 Å². The molecule has 144 valence electrons. The highest BCUT2D eigenvalue weighted by Crippen LogP contribution is 2.28. The van der Waals surface area contributed by atoms with Crippen molar-refractivity contribution in [3.63, 3.8) is 0 Å². The molecule has 3 heterocycles. The molecule has 0 radical (unpaired) electrons. The number of hydrogen-bond donors (Lipinski definition) is 1. The molecule has 2 aromatic heterocycles. The number of benzene rings is 1. The first-order valence-electron chi connectivity index (χ1n) is 9.17. The first-order valence-corrected chi connectivity index (χ1v) is 10.0. The van der Waals surface area contributed by atoms with E-state index in [4.69, 9.17) is 0 Å². The van der Waals surface area contributed by atoms with E-state index in [1.54, 1.807) is 24.3 Å². The van der Waals surface area contributed by atoms with Crippen LogP contribution < -0.4 is 5.32 Å². The van der Waals surface area contributed by atoms with E-state index < -0.39 is 17.9 Å². The maximum Gasteiger partial charge on any atom is 0.262 e. The Kier molecular flexibility index (Phi) is 4.72. The summed E-state index contributed by atoms with van der Waals surface area (Å²) >= 11 is 1.51. The first kappa shape index (κ1) is 18.4. The molecular formula is C20H20N4O3S. The summed E-state index contributed by atoms with van der Waals surface area (Å²) in [5.74, 6) is -1.35. The monoisotopic (exact) mass is 396 g/mol. The number of rotatable bonds is 6. The van der Waals surface area contributed by atoms with Crippen LogP contribution in [0, 0.1) is 5.92 Å². The summed E-state index contributed by atoms with van der Waals surface area (Å²) in [4.78, 5) is 45.1. The van der Waals surface area contributed by atoms with Gasteiger partial charge < -0.3 is 5.32 Å². The van der Waals surface area contributed by atoms with Gasteiger partial charge >= 0.3 is 0 Å². The van der Waals surface area contributed by atoms with Crippen molar-refractivity contribution in [3.8, 4) is 0 Å². The van der Waals surface area contributed by atoms with Gasteiger partial charge in [-0.05, 0) is 18.1 Å². The van der Waals surface area contributed by atoms with Crippen LogP contribution in [0.3, 0.4) is 0 Å². The first-order chi connectivity index (χ1) is 13.5. The lowest BCUT2D eigenvalue weighted by Gasteiger charge is -2.29. The fraction of sp³-hybridized carbons (Fsp3) is 0.300. The summed E-state index contributed by atoms with van der Waals surface area (Å²) in [7, 11) is 0. The summed E-state index contributed by atoms with van der Waals surface area (Å²) in [6.07, 6.45) is 4.41. The van der Waals surface area contributed by atoms with Crippen molar-refractivity contribution in [2.45, 2.75) is 32.9 Å². The molecule has 4 rings (SSSR count). The molecule has 2 atom stereocenters. The second-order valence-corrected chi connectivity index (χ2v) is 7.77. The van der Waals surface area contributed by atoms with Crippen LogP contribution in [0.25, 0.3) is 4.96 Å². The number of thiazole rings is 1. The normalized spacial score (nSPS) is 15.7. The molecule has 8 heteroatoms. The Balaban J connectivity index is 1.56. The van der Waals surface area contributed by atoms with E-state index in [-0.39, 0.29) is 18.4 Å². The largest absolute Gasteiger partial charge is 0.349 e. The van der Waals surface area contributed by atoms with Gasteiger partial charge in [-0.25, -0.2) is 4.98 Å². The van der Waals surface area contributed by atoms with Crippen molar-refractivity contribution in [1.82, 2.24) is 19.6 Å². The summed E-state index contributed by atoms with van der Waals surface area (Å²) in [5.41, 5.74) is 1.43. The summed E-state index contributed by atoms with van der Waals surface area (Å²) in [6.45, 7) is 4.05. The molecule has 28 heavy (non-hydrogen) atoms. The van der Waals surface area contributed by atoms with Crippen molar-refractivity contribution in [3.05, 3.63) is 58.9 Å². The maximum absolute atomic E-state index is 13.0. The molecular weight excluding hydrogens is 376 g/mol. The Hall–Kier alpha value is -3.00. The minimum Gasteiger partial charge on any atom is -0.349 e. The van der Waals surface area contributed by atoms with E-state index in [0.29, 0.717) is 17.5 Å². The van der Waals surface area contributed by atoms with Crippen LogP contribution >= 0.6 is 11.3 Å². The molecule has 3 amide bonds. The van der Waals surface area contributed by atoms with Gasteiger partial charge in [0.25, 0.3) is 11.8 Å². The molecule has 3 aromatic rings. The number of aromatic nitrogens is 2. The number of amides is 3. The number of hydrogen-bond acceptors (Lipinski definition) is 5. The van der Waals surface area contributed by atoms with E-state index in [9.17, 15) is 14.4 Å². The van der Waals surface area contributed by atoms with E-state index in [1.807, 2.05) is 36.0 Å². The number of imidazole rings is 1. The highest BCUT2D eigenvalue weighted by molar-refractivity contribution is 7.15. The Labute approximate surface area is 166 Å². The van der Waals surface area contributed by atoms with E-state index in [2.05, 4.69) is 10.3 Å². The number of imide groups is 1. The quantitative estimate of drug-likeness (QED) is 0.650. The topological polar surface area (TPSA) is 83.8 Å². The van der Waals surface area contributed by atoms with Crippen molar-refractivity contribution >= 4 is 34.0 Å². The van der Waals surface area contributed by atoms with Gasteiger partial charge in [0, 0.05) is 17.8 Å². The van der Waals surface area contributed by atoms with Gasteiger partial charge in [-0.3, -0.25) is 23.7 Å². The average Bonchev–Trinajstić information content (AvgIpc) is 3.36. The SMILES string of the molecule is CCC(C)C(C(=O)NCc1cn2ccsc2n1)N1C(=O)c2ccccc2C1=O. The fourth-order valence-corrected chi connectivity index (χ4v) is 4.18. The predicted octanol–water partition coefficient (Wildman–Crippen LogP) is 2.72. The molecule has 0 saturated carbocycles. The second kappa shape index (κ2) is 7.20. The van der Waals surface area contributed by atoms with E-state index in [1.165, 1.54) is 11.3 Å². The molecule has 1 aliphatic heterocycles. The Bertz CT molecular complexity index is 1010. The zero-order valence-corrected chi connectivity index (χ0v) is 16.4. The Morgan fingerprint density at radius 3 is 2.50 bits per heavy atom. The highest BCUT2D eigenvalue weighted by Gasteiger charge is 2.44. The van der Waals surface area contributed by atoms with Crippen molar-refractivity contribution in [2.75, 3.05) is 0 Å². The highest BCUT2D eigenvalue weighted by atomic mass is 32.1. The number of carbonyl (C=O) groups is 3. The third-order valence-electron chi connectivity index (χ3n) is 5.14. The van der Waals surface area contributed by atoms with Gasteiger partial charge in [-0.2, -0.15) is 0 Å². The van der Waals surface area contributed by atoms with Gasteiger partial charge in [-0.1, -0.05) is 32.4 Å². The molecule has 0 aliphatic carbocycles. The number of nitrogens with zero attached hydrogens (tertiary/aromatic N) is 3. The lowest BCUT2D eigenvalue weighted by atomic mass is 9.96. The molecule has 0 spiro atoms. The molecule has 0 bridgehead atoms. The van der Waals surface area contributed by atoms with Gasteiger partial charge in [-0.15, -0.1) is 11.3 Å². The van der Waals surface area contributed by atoms with Crippen molar-refractivity contribution in [2.24, 2.45) is 5.92 Å². The lowest BCUT2D eigenvalue weighted by molar-refractivity contribution is -0.126. The predicted molar refractivity (Wildman–Crippen MR) is 105 cm³/mol. The van der Waals surface area contributed by atoms with Crippen LogP contribution in [0.1, 0.15) is 46.7 Å². The minimum absolute atomic E-state index is 0.173. The summed E-state index contributed by atoms with van der Waals surface area (Å²) in [6, 6.07) is 5.82. The molecule has 2 unspecified atom stereocenters. The zero-order chi connectivity index (χ0) is 19.8. The van der Waals surface area contributed by atoms with Gasteiger partial charge in [0.2, 0.25) is 5.91 Å².